The van der Waals surface area contributed by atoms with E-state index in [0.29, 0.717) is 12.3 Å². The Kier molecular flexibility index (Phi) is 6.94. The summed E-state index contributed by atoms with van der Waals surface area (Å²) < 4.78 is 78.8. The highest BCUT2D eigenvalue weighted by Gasteiger charge is 2.43. The topological polar surface area (TPSA) is 92.4 Å². The number of carbonyl (C=O) groups is 2. The van der Waals surface area contributed by atoms with E-state index in [4.69, 9.17) is 5.73 Å². The number of carbonyl (C=O) groups excluding carboxylic acids is 2. The van der Waals surface area contributed by atoms with Gasteiger partial charge in [0, 0.05) is 42.9 Å². The van der Waals surface area contributed by atoms with Crippen molar-refractivity contribution < 1.29 is 35.9 Å². The van der Waals surface area contributed by atoms with Crippen molar-refractivity contribution in [2.45, 2.75) is 50.0 Å². The van der Waals surface area contributed by atoms with Crippen LogP contribution in [0.15, 0.2) is 0 Å². The van der Waals surface area contributed by atoms with Gasteiger partial charge in [-0.2, -0.15) is 26.3 Å². The summed E-state index contributed by atoms with van der Waals surface area (Å²) >= 11 is 1.51. The third kappa shape index (κ3) is 5.63. The highest BCUT2D eigenvalue weighted by Crippen LogP contribution is 2.36. The molecule has 2 aliphatic rings. The van der Waals surface area contributed by atoms with Crippen LogP contribution in [-0.4, -0.2) is 68.3 Å². The number of amides is 2. The van der Waals surface area contributed by atoms with Crippen molar-refractivity contribution in [1.82, 2.24) is 19.8 Å². The van der Waals surface area contributed by atoms with E-state index < -0.39 is 53.6 Å². The maximum absolute atomic E-state index is 13.3. The number of hydrogen-bond acceptors (Lipinski definition) is 6. The molecule has 2 atom stereocenters. The first kappa shape index (κ1) is 24.6. The number of nitrogens with zero attached hydrogens (tertiary/aromatic N) is 4. The molecule has 0 spiro atoms. The van der Waals surface area contributed by atoms with Crippen LogP contribution >= 0.6 is 11.8 Å². The van der Waals surface area contributed by atoms with Crippen molar-refractivity contribution in [2.24, 2.45) is 5.73 Å². The first-order chi connectivity index (χ1) is 14.8. The van der Waals surface area contributed by atoms with Crippen molar-refractivity contribution in [3.63, 3.8) is 0 Å². The van der Waals surface area contributed by atoms with Gasteiger partial charge < -0.3 is 15.5 Å². The van der Waals surface area contributed by atoms with Crippen molar-refractivity contribution in [1.29, 1.82) is 0 Å². The number of alkyl halides is 6. The Labute approximate surface area is 183 Å². The summed E-state index contributed by atoms with van der Waals surface area (Å²) in [6, 6.07) is -0.718. The molecule has 0 aromatic carbocycles. The second kappa shape index (κ2) is 9.04. The molecule has 0 radical (unpaired) electrons. The van der Waals surface area contributed by atoms with Gasteiger partial charge in [-0.05, 0) is 6.42 Å². The molecule has 1 aromatic rings. The molecule has 2 amide bonds. The average molecular weight is 485 g/mol. The maximum atomic E-state index is 13.3. The second-order valence-electron chi connectivity index (χ2n) is 7.77. The molecular weight excluding hydrogens is 464 g/mol. The van der Waals surface area contributed by atoms with Gasteiger partial charge in [0.15, 0.2) is 5.69 Å². The Morgan fingerprint density at radius 2 is 1.91 bits per heavy atom. The fourth-order valence-electron chi connectivity index (χ4n) is 3.65. The normalized spacial score (nSPS) is 20.9. The minimum absolute atomic E-state index is 0.0982. The molecule has 0 bridgehead atoms. The SMILES string of the molecule is CC1CN(CC(N)CC(=O)N2CCc3c(nc(C(F)(F)F)nc3C(F)(F)F)C2)C(=O)CS1. The van der Waals surface area contributed by atoms with Crippen LogP contribution < -0.4 is 5.73 Å². The van der Waals surface area contributed by atoms with Crippen molar-refractivity contribution in [3.8, 4) is 0 Å². The lowest BCUT2D eigenvalue weighted by Gasteiger charge is -2.33. The molecule has 2 N–H and O–H groups in total. The van der Waals surface area contributed by atoms with E-state index >= 15 is 0 Å². The minimum atomic E-state index is -5.17. The highest BCUT2D eigenvalue weighted by atomic mass is 32.2. The summed E-state index contributed by atoms with van der Waals surface area (Å²) in [6.45, 7) is 1.94. The van der Waals surface area contributed by atoms with E-state index in [-0.39, 0.29) is 37.1 Å². The predicted molar refractivity (Wildman–Crippen MR) is 102 cm³/mol. The Balaban J connectivity index is 1.72. The van der Waals surface area contributed by atoms with Crippen molar-refractivity contribution in [3.05, 3.63) is 22.8 Å². The van der Waals surface area contributed by atoms with Crippen LogP contribution in [0.4, 0.5) is 26.3 Å². The summed E-state index contributed by atoms with van der Waals surface area (Å²) in [6.07, 6.45) is -10.8. The number of nitrogens with two attached hydrogens (primary N) is 1. The van der Waals surface area contributed by atoms with Gasteiger partial charge in [-0.3, -0.25) is 9.59 Å². The largest absolute Gasteiger partial charge is 0.451 e. The van der Waals surface area contributed by atoms with E-state index in [2.05, 4.69) is 9.97 Å². The number of aromatic nitrogens is 2. The Hall–Kier alpha value is -2.09. The first-order valence-corrected chi connectivity index (χ1v) is 10.8. The molecule has 2 unspecified atom stereocenters. The number of fused-ring (bicyclic) bond motifs is 1. The molecule has 14 heteroatoms. The van der Waals surface area contributed by atoms with Crippen LogP contribution in [0.2, 0.25) is 0 Å². The monoisotopic (exact) mass is 485 g/mol. The molecule has 178 valence electrons. The zero-order valence-electron chi connectivity index (χ0n) is 17.0. The summed E-state index contributed by atoms with van der Waals surface area (Å²) in [5.74, 6) is -2.21. The Morgan fingerprint density at radius 3 is 2.53 bits per heavy atom. The zero-order chi connectivity index (χ0) is 23.8. The lowest BCUT2D eigenvalue weighted by molar-refractivity contribution is -0.153. The molecule has 0 saturated carbocycles. The summed E-state index contributed by atoms with van der Waals surface area (Å²) in [5.41, 5.74) is 3.45. The number of halogens is 6. The Bertz CT molecular complexity index is 894. The molecule has 7 nitrogen and oxygen atoms in total. The van der Waals surface area contributed by atoms with E-state index in [0.717, 1.165) is 4.90 Å². The summed E-state index contributed by atoms with van der Waals surface area (Å²) in [5, 5.41) is 0.222. The fraction of sp³-hybridized carbons (Fsp3) is 0.667. The molecular formula is C18H21F6N5O2S. The van der Waals surface area contributed by atoms with Crippen molar-refractivity contribution >= 4 is 23.6 Å². The van der Waals surface area contributed by atoms with Gasteiger partial charge in [0.1, 0.15) is 0 Å². The second-order valence-corrected chi connectivity index (χ2v) is 9.19. The van der Waals surface area contributed by atoms with Crippen LogP contribution in [0, 0.1) is 0 Å². The molecule has 0 aliphatic carbocycles. The maximum Gasteiger partial charge on any atom is 0.451 e. The molecule has 3 rings (SSSR count). The van der Waals surface area contributed by atoms with Gasteiger partial charge >= 0.3 is 12.4 Å². The van der Waals surface area contributed by atoms with E-state index in [1.165, 1.54) is 11.8 Å². The Morgan fingerprint density at radius 1 is 1.22 bits per heavy atom. The van der Waals surface area contributed by atoms with Gasteiger partial charge in [0.2, 0.25) is 17.6 Å². The molecule has 1 saturated heterocycles. The number of hydrogen-bond donors (Lipinski definition) is 1. The standard InChI is InChI=1S/C18H21F6N5O2S/c1-9-5-29(14(31)8-32-9)6-10(25)4-13(30)28-3-2-11-12(7-28)26-16(18(22,23)24)27-15(11)17(19,20)21/h9-10H,2-8,25H2,1H3. The van der Waals surface area contributed by atoms with Gasteiger partial charge in [-0.15, -0.1) is 11.8 Å². The quantitative estimate of drug-likeness (QED) is 0.657. The number of thioether (sulfide) groups is 1. The molecule has 2 aliphatic heterocycles. The van der Waals surface area contributed by atoms with Crippen molar-refractivity contribution in [2.75, 3.05) is 25.4 Å². The zero-order valence-corrected chi connectivity index (χ0v) is 17.8. The van der Waals surface area contributed by atoms with Gasteiger partial charge in [0.05, 0.1) is 18.0 Å². The highest BCUT2D eigenvalue weighted by molar-refractivity contribution is 8.00. The fourth-order valence-corrected chi connectivity index (χ4v) is 4.55. The van der Waals surface area contributed by atoms with Crippen LogP contribution in [-0.2, 0) is 34.9 Å². The third-order valence-electron chi connectivity index (χ3n) is 5.15. The average Bonchev–Trinajstić information content (AvgIpc) is 2.67. The number of rotatable bonds is 4. The van der Waals surface area contributed by atoms with Crippen LogP contribution in [0.3, 0.4) is 0 Å². The molecule has 1 aromatic heterocycles. The molecule has 3 heterocycles. The molecule has 1 fully saturated rings. The minimum Gasteiger partial charge on any atom is -0.339 e. The smallest absolute Gasteiger partial charge is 0.339 e. The third-order valence-corrected chi connectivity index (χ3v) is 6.28. The predicted octanol–water partition coefficient (Wildman–Crippen LogP) is 2.08. The van der Waals surface area contributed by atoms with E-state index in [9.17, 15) is 35.9 Å². The van der Waals surface area contributed by atoms with Gasteiger partial charge in [-0.25, -0.2) is 9.97 Å². The summed E-state index contributed by atoms with van der Waals surface area (Å²) in [7, 11) is 0. The van der Waals surface area contributed by atoms with E-state index in [1.54, 1.807) is 4.90 Å². The lowest BCUT2D eigenvalue weighted by atomic mass is 10.0. The van der Waals surface area contributed by atoms with Gasteiger partial charge in [-0.1, -0.05) is 6.92 Å². The van der Waals surface area contributed by atoms with Gasteiger partial charge in [0.25, 0.3) is 0 Å². The first-order valence-electron chi connectivity index (χ1n) is 9.72. The lowest BCUT2D eigenvalue weighted by Crippen LogP contribution is -2.49. The van der Waals surface area contributed by atoms with Crippen LogP contribution in [0.1, 0.15) is 36.1 Å². The van der Waals surface area contributed by atoms with Crippen LogP contribution in [0.5, 0.6) is 0 Å². The summed E-state index contributed by atoms with van der Waals surface area (Å²) in [4.78, 5) is 33.3. The van der Waals surface area contributed by atoms with E-state index in [1.807, 2.05) is 6.92 Å². The van der Waals surface area contributed by atoms with Crippen LogP contribution in [0.25, 0.3) is 0 Å². The molecule has 32 heavy (non-hydrogen) atoms.